The first-order valence-electron chi connectivity index (χ1n) is 5.96. The number of para-hydroxylation sites is 1. The van der Waals surface area contributed by atoms with Crippen molar-refractivity contribution in [3.8, 4) is 5.69 Å². The van der Waals surface area contributed by atoms with E-state index in [1.165, 1.54) is 6.92 Å². The Kier molecular flexibility index (Phi) is 3.46. The first-order chi connectivity index (χ1) is 8.59. The average Bonchev–Trinajstić information content (AvgIpc) is 2.71. The van der Waals surface area contributed by atoms with E-state index in [1.807, 2.05) is 55.1 Å². The van der Waals surface area contributed by atoms with Gasteiger partial charge < -0.3 is 5.32 Å². The molecule has 0 radical (unpaired) electrons. The third-order valence-electron chi connectivity index (χ3n) is 2.93. The Morgan fingerprint density at radius 1 is 1.33 bits per heavy atom. The predicted molar refractivity (Wildman–Crippen MR) is 70.5 cm³/mol. The van der Waals surface area contributed by atoms with Gasteiger partial charge in [-0.3, -0.25) is 4.79 Å². The van der Waals surface area contributed by atoms with Crippen LogP contribution in [0.1, 0.15) is 31.1 Å². The minimum Gasteiger partial charge on any atom is -0.350 e. The zero-order valence-corrected chi connectivity index (χ0v) is 10.8. The largest absolute Gasteiger partial charge is 0.350 e. The number of benzene rings is 1. The molecule has 0 aliphatic rings. The fourth-order valence-corrected chi connectivity index (χ4v) is 2.06. The van der Waals surface area contributed by atoms with E-state index in [9.17, 15) is 4.79 Å². The lowest BCUT2D eigenvalue weighted by molar-refractivity contribution is -0.119. The Labute approximate surface area is 107 Å². The van der Waals surface area contributed by atoms with Crippen molar-refractivity contribution in [2.75, 3.05) is 0 Å². The van der Waals surface area contributed by atoms with Gasteiger partial charge in [-0.15, -0.1) is 0 Å². The average molecular weight is 243 g/mol. The minimum atomic E-state index is -0.0330. The van der Waals surface area contributed by atoms with Crippen LogP contribution in [-0.2, 0) is 4.79 Å². The molecular formula is C14H17N3O. The fourth-order valence-electron chi connectivity index (χ4n) is 2.06. The molecule has 1 N–H and O–H groups in total. The summed E-state index contributed by atoms with van der Waals surface area (Å²) in [4.78, 5) is 11.1. The van der Waals surface area contributed by atoms with Gasteiger partial charge >= 0.3 is 0 Å². The van der Waals surface area contributed by atoms with Crippen molar-refractivity contribution in [2.24, 2.45) is 0 Å². The van der Waals surface area contributed by atoms with Crippen molar-refractivity contribution in [2.45, 2.75) is 26.8 Å². The molecule has 4 nitrogen and oxygen atoms in total. The summed E-state index contributed by atoms with van der Waals surface area (Å²) >= 11 is 0. The lowest BCUT2D eigenvalue weighted by Crippen LogP contribution is -2.23. The van der Waals surface area contributed by atoms with E-state index in [0.717, 1.165) is 16.9 Å². The monoisotopic (exact) mass is 243 g/mol. The highest BCUT2D eigenvalue weighted by Gasteiger charge is 2.14. The Morgan fingerprint density at radius 2 is 2.00 bits per heavy atom. The van der Waals surface area contributed by atoms with Crippen molar-refractivity contribution in [3.63, 3.8) is 0 Å². The van der Waals surface area contributed by atoms with Gasteiger partial charge in [0.15, 0.2) is 0 Å². The molecule has 0 fully saturated rings. The number of carbonyl (C=O) groups is 1. The maximum atomic E-state index is 11.1. The summed E-state index contributed by atoms with van der Waals surface area (Å²) in [6, 6.07) is 9.92. The molecule has 0 aliphatic carbocycles. The summed E-state index contributed by atoms with van der Waals surface area (Å²) < 4.78 is 1.88. The molecule has 1 heterocycles. The van der Waals surface area contributed by atoms with Crippen molar-refractivity contribution in [1.29, 1.82) is 0 Å². The Balaban J connectivity index is 2.32. The third-order valence-corrected chi connectivity index (χ3v) is 2.93. The molecule has 0 spiro atoms. The molecule has 0 aliphatic heterocycles. The zero-order valence-electron chi connectivity index (χ0n) is 10.8. The number of hydrogen-bond donors (Lipinski definition) is 1. The number of rotatable bonds is 3. The second-order valence-corrected chi connectivity index (χ2v) is 4.35. The van der Waals surface area contributed by atoms with Gasteiger partial charge in [-0.05, 0) is 26.0 Å². The number of nitrogens with one attached hydrogen (secondary N) is 1. The topological polar surface area (TPSA) is 46.9 Å². The summed E-state index contributed by atoms with van der Waals surface area (Å²) in [6.07, 6.45) is 1.81. The fraction of sp³-hybridized carbons (Fsp3) is 0.286. The SMILES string of the molecule is CC(=O)NC(C)c1cnn(-c2ccccc2)c1C. The molecule has 18 heavy (non-hydrogen) atoms. The lowest BCUT2D eigenvalue weighted by atomic mass is 10.1. The number of carbonyl (C=O) groups excluding carboxylic acids is 1. The summed E-state index contributed by atoms with van der Waals surface area (Å²) in [7, 11) is 0. The van der Waals surface area contributed by atoms with E-state index < -0.39 is 0 Å². The molecular weight excluding hydrogens is 226 g/mol. The normalized spacial score (nSPS) is 12.2. The number of amides is 1. The van der Waals surface area contributed by atoms with Crippen LogP contribution < -0.4 is 5.32 Å². The first-order valence-corrected chi connectivity index (χ1v) is 5.96. The third kappa shape index (κ3) is 2.42. The van der Waals surface area contributed by atoms with Crippen LogP contribution in [0.15, 0.2) is 36.5 Å². The van der Waals surface area contributed by atoms with E-state index in [-0.39, 0.29) is 11.9 Å². The van der Waals surface area contributed by atoms with Gasteiger partial charge in [0.25, 0.3) is 0 Å². The molecule has 0 saturated carbocycles. The molecule has 1 aromatic heterocycles. The number of hydrogen-bond acceptors (Lipinski definition) is 2. The quantitative estimate of drug-likeness (QED) is 0.899. The van der Waals surface area contributed by atoms with Gasteiger partial charge in [0.2, 0.25) is 5.91 Å². The summed E-state index contributed by atoms with van der Waals surface area (Å²) in [6.45, 7) is 5.49. The van der Waals surface area contributed by atoms with Crippen molar-refractivity contribution in [1.82, 2.24) is 15.1 Å². The van der Waals surface area contributed by atoms with Crippen LogP contribution >= 0.6 is 0 Å². The van der Waals surface area contributed by atoms with Gasteiger partial charge in [-0.25, -0.2) is 4.68 Å². The second kappa shape index (κ2) is 5.04. The van der Waals surface area contributed by atoms with Crippen LogP contribution in [0.2, 0.25) is 0 Å². The summed E-state index contributed by atoms with van der Waals surface area (Å²) in [5.74, 6) is -0.0330. The highest BCUT2D eigenvalue weighted by molar-refractivity contribution is 5.73. The van der Waals surface area contributed by atoms with Gasteiger partial charge in [0.05, 0.1) is 17.9 Å². The zero-order chi connectivity index (χ0) is 13.1. The standard InChI is InChI=1S/C14H17N3O/c1-10(16-12(3)18)14-9-15-17(11(14)2)13-7-5-4-6-8-13/h4-10H,1-3H3,(H,16,18). The van der Waals surface area contributed by atoms with Crippen molar-refractivity contribution < 1.29 is 4.79 Å². The lowest BCUT2D eigenvalue weighted by Gasteiger charge is -2.12. The van der Waals surface area contributed by atoms with E-state index in [2.05, 4.69) is 10.4 Å². The van der Waals surface area contributed by atoms with Crippen LogP contribution in [0.3, 0.4) is 0 Å². The summed E-state index contributed by atoms with van der Waals surface area (Å²) in [5.41, 5.74) is 3.10. The highest BCUT2D eigenvalue weighted by atomic mass is 16.1. The second-order valence-electron chi connectivity index (χ2n) is 4.35. The highest BCUT2D eigenvalue weighted by Crippen LogP contribution is 2.19. The molecule has 1 aromatic carbocycles. The van der Waals surface area contributed by atoms with Crippen LogP contribution in [0.25, 0.3) is 5.69 Å². The molecule has 94 valence electrons. The molecule has 0 saturated heterocycles. The smallest absolute Gasteiger partial charge is 0.217 e. The molecule has 1 atom stereocenters. The predicted octanol–water partition coefficient (Wildman–Crippen LogP) is 2.38. The molecule has 2 aromatic rings. The van der Waals surface area contributed by atoms with Crippen LogP contribution in [0, 0.1) is 6.92 Å². The van der Waals surface area contributed by atoms with Crippen LogP contribution in [0.4, 0.5) is 0 Å². The molecule has 1 unspecified atom stereocenters. The van der Waals surface area contributed by atoms with E-state index in [0.29, 0.717) is 0 Å². The van der Waals surface area contributed by atoms with Crippen molar-refractivity contribution >= 4 is 5.91 Å². The maximum absolute atomic E-state index is 11.1. The maximum Gasteiger partial charge on any atom is 0.217 e. The molecule has 0 bridgehead atoms. The number of nitrogens with zero attached hydrogens (tertiary/aromatic N) is 2. The van der Waals surface area contributed by atoms with Crippen molar-refractivity contribution in [3.05, 3.63) is 47.8 Å². The van der Waals surface area contributed by atoms with Gasteiger partial charge in [-0.1, -0.05) is 18.2 Å². The molecule has 2 rings (SSSR count). The van der Waals surface area contributed by atoms with Crippen LogP contribution in [0.5, 0.6) is 0 Å². The Bertz CT molecular complexity index is 545. The van der Waals surface area contributed by atoms with E-state index >= 15 is 0 Å². The van der Waals surface area contributed by atoms with Gasteiger partial charge in [0, 0.05) is 18.2 Å². The first kappa shape index (κ1) is 12.4. The van der Waals surface area contributed by atoms with Crippen LogP contribution in [-0.4, -0.2) is 15.7 Å². The number of aromatic nitrogens is 2. The Hall–Kier alpha value is -2.10. The minimum absolute atomic E-state index is 0.0278. The summed E-state index contributed by atoms with van der Waals surface area (Å²) in [5, 5.41) is 7.25. The molecule has 1 amide bonds. The van der Waals surface area contributed by atoms with E-state index in [4.69, 9.17) is 0 Å². The van der Waals surface area contributed by atoms with Gasteiger partial charge in [0.1, 0.15) is 0 Å². The van der Waals surface area contributed by atoms with E-state index in [1.54, 1.807) is 0 Å². The molecule has 4 heteroatoms. The Morgan fingerprint density at radius 3 is 2.61 bits per heavy atom. The van der Waals surface area contributed by atoms with Gasteiger partial charge in [-0.2, -0.15) is 5.10 Å².